The van der Waals surface area contributed by atoms with Crippen LogP contribution in [0.3, 0.4) is 0 Å². The maximum Gasteiger partial charge on any atom is 0.373 e. The molecule has 0 bridgehead atoms. The van der Waals surface area contributed by atoms with Gasteiger partial charge in [0.1, 0.15) is 0 Å². The number of aryl methyl sites for hydroxylation is 1. The van der Waals surface area contributed by atoms with Crippen molar-refractivity contribution in [1.82, 2.24) is 5.23 Å². The fourth-order valence-corrected chi connectivity index (χ4v) is 1.36. The summed E-state index contributed by atoms with van der Waals surface area (Å²) in [5.74, 6) is 0. The van der Waals surface area contributed by atoms with Crippen LogP contribution >= 0.6 is 0 Å². The largest absolute Gasteiger partial charge is 0.437 e. The highest BCUT2D eigenvalue weighted by Gasteiger charge is 2.02. The van der Waals surface area contributed by atoms with E-state index in [4.69, 9.17) is 10.8 Å². The number of benzene rings is 1. The third-order valence-electron chi connectivity index (χ3n) is 2.08. The van der Waals surface area contributed by atoms with Crippen LogP contribution in [-0.2, 0) is 13.0 Å². The van der Waals surface area contributed by atoms with Gasteiger partial charge in [-0.25, -0.2) is 0 Å². The van der Waals surface area contributed by atoms with Crippen LogP contribution in [0, 0.1) is 0 Å². The fraction of sp³-hybridized carbons (Fsp3) is 0.400. The maximum atomic E-state index is 9.07. The second kappa shape index (κ2) is 5.03. The Kier molecular flexibility index (Phi) is 3.98. The number of anilines is 1. The maximum absolute atomic E-state index is 9.07. The zero-order valence-corrected chi connectivity index (χ0v) is 8.75. The van der Waals surface area contributed by atoms with Crippen molar-refractivity contribution in [3.05, 3.63) is 29.3 Å². The Hall–Kier alpha value is -0.995. The summed E-state index contributed by atoms with van der Waals surface area (Å²) >= 11 is 0. The number of hydrogen-bond donors (Lipinski definition) is 3. The molecule has 0 aliphatic carbocycles. The molecule has 1 rings (SSSR count). The van der Waals surface area contributed by atoms with Gasteiger partial charge in [-0.1, -0.05) is 13.0 Å². The highest BCUT2D eigenvalue weighted by atomic mass is 16.2. The van der Waals surface area contributed by atoms with Crippen molar-refractivity contribution in [2.45, 2.75) is 26.7 Å². The lowest BCUT2D eigenvalue weighted by Crippen LogP contribution is -2.29. The first kappa shape index (κ1) is 11.1. The molecule has 0 saturated heterocycles. The van der Waals surface area contributed by atoms with E-state index < -0.39 is 7.05 Å². The lowest BCUT2D eigenvalue weighted by Gasteiger charge is -2.07. The van der Waals surface area contributed by atoms with Crippen LogP contribution in [-0.4, -0.2) is 12.1 Å². The predicted octanol–water partition coefficient (Wildman–Crippen LogP) is 1.03. The van der Waals surface area contributed by atoms with Gasteiger partial charge >= 0.3 is 7.05 Å². The fourth-order valence-electron chi connectivity index (χ4n) is 1.36. The van der Waals surface area contributed by atoms with E-state index in [9.17, 15) is 0 Å². The molecule has 0 spiro atoms. The number of hydrogen-bond acceptors (Lipinski definition) is 3. The Labute approximate surface area is 85.5 Å². The molecule has 76 valence electrons. The first-order valence-corrected chi connectivity index (χ1v) is 4.91. The van der Waals surface area contributed by atoms with Crippen LogP contribution in [0.5, 0.6) is 0 Å². The van der Waals surface area contributed by atoms with E-state index in [1.807, 2.05) is 12.1 Å². The van der Waals surface area contributed by atoms with Gasteiger partial charge in [0.2, 0.25) is 0 Å². The topological polar surface area (TPSA) is 58.3 Å². The van der Waals surface area contributed by atoms with Crippen LogP contribution in [0.1, 0.15) is 18.1 Å². The summed E-state index contributed by atoms with van der Waals surface area (Å²) in [7, 11) is -0.485. The van der Waals surface area contributed by atoms with Crippen molar-refractivity contribution >= 4 is 12.7 Å². The van der Waals surface area contributed by atoms with Gasteiger partial charge in [0.15, 0.2) is 0 Å². The molecule has 1 aromatic rings. The highest BCUT2D eigenvalue weighted by molar-refractivity contribution is 6.45. The Morgan fingerprint density at radius 1 is 1.36 bits per heavy atom. The van der Waals surface area contributed by atoms with Gasteiger partial charge in [0.05, 0.1) is 0 Å². The third-order valence-corrected chi connectivity index (χ3v) is 2.08. The molecule has 4 heteroatoms. The molecule has 14 heavy (non-hydrogen) atoms. The van der Waals surface area contributed by atoms with E-state index in [2.05, 4.69) is 18.2 Å². The SMILES string of the molecule is CCc1cc(N)cc(CNB(C)O)c1. The van der Waals surface area contributed by atoms with Crippen molar-refractivity contribution in [3.63, 3.8) is 0 Å². The molecule has 0 atom stereocenters. The average Bonchev–Trinajstić information content (AvgIpc) is 2.14. The first-order chi connectivity index (χ1) is 6.61. The number of nitrogens with two attached hydrogens (primary N) is 1. The van der Waals surface area contributed by atoms with Crippen LogP contribution < -0.4 is 11.0 Å². The third kappa shape index (κ3) is 3.40. The minimum atomic E-state index is -0.485. The molecule has 0 saturated carbocycles. The van der Waals surface area contributed by atoms with E-state index in [1.165, 1.54) is 5.56 Å². The quantitative estimate of drug-likeness (QED) is 0.493. The average molecular weight is 192 g/mol. The van der Waals surface area contributed by atoms with Gasteiger partial charge in [-0.3, -0.25) is 0 Å². The van der Waals surface area contributed by atoms with E-state index in [-0.39, 0.29) is 0 Å². The predicted molar refractivity (Wildman–Crippen MR) is 60.9 cm³/mol. The number of nitrogens with one attached hydrogen (secondary N) is 1. The number of rotatable bonds is 4. The first-order valence-electron chi connectivity index (χ1n) is 4.91. The second-order valence-corrected chi connectivity index (χ2v) is 3.49. The van der Waals surface area contributed by atoms with Gasteiger partial charge in [-0.2, -0.15) is 0 Å². The van der Waals surface area contributed by atoms with Gasteiger partial charge in [-0.15, -0.1) is 0 Å². The van der Waals surface area contributed by atoms with Crippen molar-refractivity contribution < 1.29 is 5.02 Å². The molecule has 0 heterocycles. The van der Waals surface area contributed by atoms with E-state index in [0.717, 1.165) is 17.7 Å². The molecule has 3 nitrogen and oxygen atoms in total. The molecule has 0 fully saturated rings. The minimum absolute atomic E-state index is 0.485. The molecular formula is C10H17BN2O. The van der Waals surface area contributed by atoms with Gasteiger partial charge in [0, 0.05) is 12.2 Å². The van der Waals surface area contributed by atoms with E-state index in [0.29, 0.717) is 6.54 Å². The molecule has 0 radical (unpaired) electrons. The summed E-state index contributed by atoms with van der Waals surface area (Å²) < 4.78 is 0. The molecule has 1 aromatic carbocycles. The zero-order chi connectivity index (χ0) is 10.6. The van der Waals surface area contributed by atoms with Crippen LogP contribution in [0.2, 0.25) is 6.82 Å². The van der Waals surface area contributed by atoms with Crippen LogP contribution in [0.25, 0.3) is 0 Å². The van der Waals surface area contributed by atoms with Crippen molar-refractivity contribution in [2.75, 3.05) is 5.73 Å². The zero-order valence-electron chi connectivity index (χ0n) is 8.75. The van der Waals surface area contributed by atoms with Gasteiger partial charge < -0.3 is 16.0 Å². The van der Waals surface area contributed by atoms with Crippen molar-refractivity contribution in [2.24, 2.45) is 0 Å². The highest BCUT2D eigenvalue weighted by Crippen LogP contribution is 2.12. The Balaban J connectivity index is 2.71. The van der Waals surface area contributed by atoms with Gasteiger partial charge in [0.25, 0.3) is 0 Å². The monoisotopic (exact) mass is 192 g/mol. The van der Waals surface area contributed by atoms with Crippen molar-refractivity contribution in [3.8, 4) is 0 Å². The van der Waals surface area contributed by atoms with E-state index in [1.54, 1.807) is 6.82 Å². The Bertz CT molecular complexity index is 302. The summed E-state index contributed by atoms with van der Waals surface area (Å²) in [6.07, 6.45) is 0.979. The smallest absolute Gasteiger partial charge is 0.373 e. The summed E-state index contributed by atoms with van der Waals surface area (Å²) in [6, 6.07) is 6.01. The summed E-state index contributed by atoms with van der Waals surface area (Å²) in [5, 5.41) is 12.0. The lowest BCUT2D eigenvalue weighted by atomic mass is 9.88. The molecule has 0 aliphatic heterocycles. The molecule has 0 unspecified atom stereocenters. The standard InChI is InChI=1S/C10H17BN2O/c1-3-8-4-9(6-10(12)5-8)7-13-11(2)14/h4-6,13-14H,3,7,12H2,1-2H3. The van der Waals surface area contributed by atoms with E-state index >= 15 is 0 Å². The van der Waals surface area contributed by atoms with Gasteiger partial charge in [-0.05, 0) is 36.5 Å². The van der Waals surface area contributed by atoms with Crippen molar-refractivity contribution in [1.29, 1.82) is 0 Å². The molecule has 4 N–H and O–H groups in total. The molecular weight excluding hydrogens is 175 g/mol. The minimum Gasteiger partial charge on any atom is -0.437 e. The summed E-state index contributed by atoms with van der Waals surface area (Å²) in [5.41, 5.74) is 8.88. The second-order valence-electron chi connectivity index (χ2n) is 3.49. The lowest BCUT2D eigenvalue weighted by molar-refractivity contribution is 0.554. The number of nitrogen functional groups attached to an aromatic ring is 1. The summed E-state index contributed by atoms with van der Waals surface area (Å²) in [4.78, 5) is 0. The molecule has 0 aromatic heterocycles. The normalized spacial score (nSPS) is 10.2. The Morgan fingerprint density at radius 2 is 2.00 bits per heavy atom. The van der Waals surface area contributed by atoms with Crippen LogP contribution in [0.15, 0.2) is 18.2 Å². The molecule has 0 aliphatic rings. The van der Waals surface area contributed by atoms with Crippen LogP contribution in [0.4, 0.5) is 5.69 Å². The summed E-state index contributed by atoms with van der Waals surface area (Å²) in [6.45, 7) is 4.45. The molecule has 0 amide bonds. The Morgan fingerprint density at radius 3 is 2.57 bits per heavy atom.